The van der Waals surface area contributed by atoms with Gasteiger partial charge in [0.2, 0.25) is 5.91 Å². The zero-order valence-corrected chi connectivity index (χ0v) is 9.74. The standard InChI is InChI=1S/C11H10INO/c1-2-3-4-11(14)13-10-7-5-9(12)6-8-10/h1,5-8H,3-4H2,(H,13,14). The molecule has 0 saturated heterocycles. The number of hydrogen-bond acceptors (Lipinski definition) is 1. The van der Waals surface area contributed by atoms with Crippen molar-refractivity contribution in [2.24, 2.45) is 0 Å². The summed E-state index contributed by atoms with van der Waals surface area (Å²) in [5, 5.41) is 2.77. The van der Waals surface area contributed by atoms with E-state index in [0.29, 0.717) is 12.8 Å². The number of hydrogen-bond donors (Lipinski definition) is 1. The SMILES string of the molecule is C#CCCC(=O)Nc1ccc(I)cc1. The fourth-order valence-electron chi connectivity index (χ4n) is 0.942. The van der Waals surface area contributed by atoms with Crippen molar-refractivity contribution in [2.45, 2.75) is 12.8 Å². The van der Waals surface area contributed by atoms with Crippen LogP contribution in [0.2, 0.25) is 0 Å². The van der Waals surface area contributed by atoms with Crippen LogP contribution in [-0.2, 0) is 4.79 Å². The van der Waals surface area contributed by atoms with Gasteiger partial charge in [0.05, 0.1) is 0 Å². The monoisotopic (exact) mass is 299 g/mol. The van der Waals surface area contributed by atoms with Gasteiger partial charge in [0, 0.05) is 22.1 Å². The predicted octanol–water partition coefficient (Wildman–Crippen LogP) is 2.64. The summed E-state index contributed by atoms with van der Waals surface area (Å²) in [6.45, 7) is 0. The Morgan fingerprint density at radius 2 is 2.07 bits per heavy atom. The van der Waals surface area contributed by atoms with Gasteiger partial charge >= 0.3 is 0 Å². The smallest absolute Gasteiger partial charge is 0.225 e. The number of carbonyl (C=O) groups excluding carboxylic acids is 1. The molecule has 1 rings (SSSR count). The molecule has 1 N–H and O–H groups in total. The van der Waals surface area contributed by atoms with Gasteiger partial charge < -0.3 is 5.32 Å². The second-order valence-electron chi connectivity index (χ2n) is 2.76. The second kappa shape index (κ2) is 5.66. The molecule has 72 valence electrons. The third kappa shape index (κ3) is 3.79. The van der Waals surface area contributed by atoms with Crippen LogP contribution in [0.1, 0.15) is 12.8 Å². The molecule has 0 atom stereocenters. The van der Waals surface area contributed by atoms with Crippen LogP contribution in [-0.4, -0.2) is 5.91 Å². The lowest BCUT2D eigenvalue weighted by molar-refractivity contribution is -0.116. The number of terminal acetylenes is 1. The van der Waals surface area contributed by atoms with Crippen molar-refractivity contribution in [1.29, 1.82) is 0 Å². The number of anilines is 1. The molecule has 0 heterocycles. The van der Waals surface area contributed by atoms with Gasteiger partial charge in [-0.2, -0.15) is 0 Å². The molecule has 1 aromatic carbocycles. The first-order valence-electron chi connectivity index (χ1n) is 4.21. The van der Waals surface area contributed by atoms with Crippen molar-refractivity contribution in [3.8, 4) is 12.3 Å². The lowest BCUT2D eigenvalue weighted by atomic mass is 10.3. The van der Waals surface area contributed by atoms with Gasteiger partial charge in [0.1, 0.15) is 0 Å². The summed E-state index contributed by atoms with van der Waals surface area (Å²) in [5.74, 6) is 2.39. The summed E-state index contributed by atoms with van der Waals surface area (Å²) in [7, 11) is 0. The number of rotatable bonds is 3. The van der Waals surface area contributed by atoms with Gasteiger partial charge in [0.15, 0.2) is 0 Å². The average Bonchev–Trinajstić information content (AvgIpc) is 2.18. The summed E-state index contributed by atoms with van der Waals surface area (Å²) in [4.78, 5) is 11.2. The maximum Gasteiger partial charge on any atom is 0.225 e. The lowest BCUT2D eigenvalue weighted by Gasteiger charge is -2.03. The molecular weight excluding hydrogens is 289 g/mol. The van der Waals surface area contributed by atoms with E-state index in [4.69, 9.17) is 6.42 Å². The van der Waals surface area contributed by atoms with Crippen molar-refractivity contribution >= 4 is 34.2 Å². The highest BCUT2D eigenvalue weighted by atomic mass is 127. The number of benzene rings is 1. The highest BCUT2D eigenvalue weighted by Gasteiger charge is 2.00. The van der Waals surface area contributed by atoms with E-state index in [1.165, 1.54) is 0 Å². The molecule has 0 radical (unpaired) electrons. The fourth-order valence-corrected chi connectivity index (χ4v) is 1.30. The minimum atomic E-state index is -0.0378. The van der Waals surface area contributed by atoms with Gasteiger partial charge in [-0.3, -0.25) is 4.79 Å². The lowest BCUT2D eigenvalue weighted by Crippen LogP contribution is -2.10. The summed E-state index contributed by atoms with van der Waals surface area (Å²) in [6.07, 6.45) is 5.92. The molecular formula is C11H10INO. The Kier molecular flexibility index (Phi) is 4.47. The summed E-state index contributed by atoms with van der Waals surface area (Å²) >= 11 is 2.21. The number of amides is 1. The van der Waals surface area contributed by atoms with Crippen LogP contribution in [0.15, 0.2) is 24.3 Å². The molecule has 0 aliphatic heterocycles. The topological polar surface area (TPSA) is 29.1 Å². The molecule has 0 saturated carbocycles. The summed E-state index contributed by atoms with van der Waals surface area (Å²) in [6, 6.07) is 7.62. The first kappa shape index (κ1) is 11.1. The van der Waals surface area contributed by atoms with Gasteiger partial charge in [-0.15, -0.1) is 12.3 Å². The van der Waals surface area contributed by atoms with Crippen molar-refractivity contribution in [1.82, 2.24) is 0 Å². The molecule has 1 aromatic rings. The molecule has 1 amide bonds. The normalized spacial score (nSPS) is 9.14. The Labute approximate surface area is 97.2 Å². The molecule has 0 aliphatic carbocycles. The van der Waals surface area contributed by atoms with Crippen LogP contribution >= 0.6 is 22.6 Å². The fraction of sp³-hybridized carbons (Fsp3) is 0.182. The first-order chi connectivity index (χ1) is 6.72. The maximum absolute atomic E-state index is 11.2. The third-order valence-electron chi connectivity index (χ3n) is 1.62. The van der Waals surface area contributed by atoms with E-state index in [1.54, 1.807) is 0 Å². The van der Waals surface area contributed by atoms with Crippen molar-refractivity contribution in [3.63, 3.8) is 0 Å². The molecule has 0 aromatic heterocycles. The quantitative estimate of drug-likeness (QED) is 0.675. The molecule has 0 fully saturated rings. The van der Waals surface area contributed by atoms with Crippen LogP contribution in [0.4, 0.5) is 5.69 Å². The van der Waals surface area contributed by atoms with Gasteiger partial charge in [0.25, 0.3) is 0 Å². The second-order valence-corrected chi connectivity index (χ2v) is 4.00. The van der Waals surface area contributed by atoms with Crippen LogP contribution in [0, 0.1) is 15.9 Å². The van der Waals surface area contributed by atoms with E-state index in [9.17, 15) is 4.79 Å². The van der Waals surface area contributed by atoms with E-state index >= 15 is 0 Å². The first-order valence-corrected chi connectivity index (χ1v) is 5.29. The highest BCUT2D eigenvalue weighted by molar-refractivity contribution is 14.1. The van der Waals surface area contributed by atoms with Gasteiger partial charge in [-0.1, -0.05) is 0 Å². The van der Waals surface area contributed by atoms with E-state index in [2.05, 4.69) is 33.8 Å². The van der Waals surface area contributed by atoms with E-state index in [0.717, 1.165) is 9.26 Å². The number of carbonyl (C=O) groups is 1. The van der Waals surface area contributed by atoms with Crippen molar-refractivity contribution in [2.75, 3.05) is 5.32 Å². The van der Waals surface area contributed by atoms with Crippen LogP contribution < -0.4 is 5.32 Å². The Hall–Kier alpha value is -1.02. The Balaban J connectivity index is 2.49. The van der Waals surface area contributed by atoms with Crippen LogP contribution in [0.5, 0.6) is 0 Å². The predicted molar refractivity (Wildman–Crippen MR) is 65.9 cm³/mol. The molecule has 14 heavy (non-hydrogen) atoms. The van der Waals surface area contributed by atoms with E-state index in [1.807, 2.05) is 24.3 Å². The summed E-state index contributed by atoms with van der Waals surface area (Å²) in [5.41, 5.74) is 0.812. The Morgan fingerprint density at radius 3 is 2.64 bits per heavy atom. The molecule has 3 heteroatoms. The van der Waals surface area contributed by atoms with E-state index < -0.39 is 0 Å². The minimum Gasteiger partial charge on any atom is -0.326 e. The molecule has 0 aliphatic rings. The van der Waals surface area contributed by atoms with E-state index in [-0.39, 0.29) is 5.91 Å². The largest absolute Gasteiger partial charge is 0.326 e. The molecule has 0 spiro atoms. The molecule has 0 bridgehead atoms. The van der Waals surface area contributed by atoms with Crippen molar-refractivity contribution < 1.29 is 4.79 Å². The Bertz CT molecular complexity index is 351. The zero-order valence-electron chi connectivity index (χ0n) is 7.59. The third-order valence-corrected chi connectivity index (χ3v) is 2.34. The molecule has 0 unspecified atom stereocenters. The zero-order chi connectivity index (χ0) is 10.4. The molecule has 2 nitrogen and oxygen atoms in total. The Morgan fingerprint density at radius 1 is 1.43 bits per heavy atom. The summed E-state index contributed by atoms with van der Waals surface area (Å²) < 4.78 is 1.14. The van der Waals surface area contributed by atoms with Crippen LogP contribution in [0.3, 0.4) is 0 Å². The van der Waals surface area contributed by atoms with Crippen molar-refractivity contribution in [3.05, 3.63) is 27.8 Å². The number of halogens is 1. The number of nitrogens with one attached hydrogen (secondary N) is 1. The minimum absolute atomic E-state index is 0.0378. The average molecular weight is 299 g/mol. The van der Waals surface area contributed by atoms with Gasteiger partial charge in [-0.25, -0.2) is 0 Å². The van der Waals surface area contributed by atoms with Gasteiger partial charge in [-0.05, 0) is 46.9 Å². The van der Waals surface area contributed by atoms with Crippen LogP contribution in [0.25, 0.3) is 0 Å². The maximum atomic E-state index is 11.2. The highest BCUT2D eigenvalue weighted by Crippen LogP contribution is 2.11.